The number of rotatable bonds is 6. The van der Waals surface area contributed by atoms with Gasteiger partial charge in [0.25, 0.3) is 0 Å². The lowest BCUT2D eigenvalue weighted by Crippen LogP contribution is -2.06. The van der Waals surface area contributed by atoms with Crippen LogP contribution in [0.2, 0.25) is 10.0 Å². The number of aromatic nitrogens is 1. The SMILES string of the molecule is Clc1cc2nc(NCCc3ccc(NC4=NCC(c5ccccc5)S4)cc3)sc2cc1Cl. The predicted molar refractivity (Wildman–Crippen MR) is 141 cm³/mol. The summed E-state index contributed by atoms with van der Waals surface area (Å²) in [5.74, 6) is 0. The summed E-state index contributed by atoms with van der Waals surface area (Å²) in [5.41, 5.74) is 4.50. The highest BCUT2D eigenvalue weighted by molar-refractivity contribution is 8.14. The van der Waals surface area contributed by atoms with Crippen molar-refractivity contribution in [3.63, 3.8) is 0 Å². The number of hydrogen-bond donors (Lipinski definition) is 2. The first kappa shape index (κ1) is 21.6. The summed E-state index contributed by atoms with van der Waals surface area (Å²) in [6.07, 6.45) is 0.906. The van der Waals surface area contributed by atoms with Crippen LogP contribution in [-0.4, -0.2) is 23.2 Å². The van der Waals surface area contributed by atoms with Crippen LogP contribution in [-0.2, 0) is 6.42 Å². The maximum atomic E-state index is 6.10. The Morgan fingerprint density at radius 2 is 1.75 bits per heavy atom. The molecule has 4 aromatic rings. The Labute approximate surface area is 205 Å². The normalized spacial score (nSPS) is 15.7. The van der Waals surface area contributed by atoms with Crippen LogP contribution in [0.3, 0.4) is 0 Å². The first-order chi connectivity index (χ1) is 15.6. The number of thioether (sulfide) groups is 1. The van der Waals surface area contributed by atoms with E-state index in [2.05, 4.69) is 69.1 Å². The molecule has 1 aliphatic rings. The topological polar surface area (TPSA) is 49.3 Å². The molecule has 3 aromatic carbocycles. The van der Waals surface area contributed by atoms with Gasteiger partial charge in [-0.05, 0) is 41.8 Å². The molecular formula is C24H20Cl2N4S2. The number of thiazole rings is 1. The maximum Gasteiger partial charge on any atom is 0.183 e. The van der Waals surface area contributed by atoms with Crippen molar-refractivity contribution in [2.24, 2.45) is 4.99 Å². The summed E-state index contributed by atoms with van der Waals surface area (Å²) in [4.78, 5) is 9.24. The van der Waals surface area contributed by atoms with Gasteiger partial charge >= 0.3 is 0 Å². The van der Waals surface area contributed by atoms with Gasteiger partial charge in [0.2, 0.25) is 0 Å². The number of nitrogens with zero attached hydrogens (tertiary/aromatic N) is 2. The largest absolute Gasteiger partial charge is 0.361 e. The van der Waals surface area contributed by atoms with E-state index in [4.69, 9.17) is 23.2 Å². The third kappa shape index (κ3) is 5.04. The van der Waals surface area contributed by atoms with Crippen LogP contribution in [0.1, 0.15) is 16.4 Å². The third-order valence-corrected chi connectivity index (χ3v) is 8.01. The van der Waals surface area contributed by atoms with Crippen LogP contribution in [0.5, 0.6) is 0 Å². The van der Waals surface area contributed by atoms with Crippen molar-refractivity contribution in [1.29, 1.82) is 0 Å². The Kier molecular flexibility index (Phi) is 6.55. The van der Waals surface area contributed by atoms with Gasteiger partial charge in [-0.3, -0.25) is 4.99 Å². The number of fused-ring (bicyclic) bond motifs is 1. The fourth-order valence-electron chi connectivity index (χ4n) is 3.48. The summed E-state index contributed by atoms with van der Waals surface area (Å²) < 4.78 is 1.03. The molecule has 0 spiro atoms. The summed E-state index contributed by atoms with van der Waals surface area (Å²) in [6, 6.07) is 22.7. The quantitative estimate of drug-likeness (QED) is 0.288. The van der Waals surface area contributed by atoms with E-state index in [1.807, 2.05) is 18.2 Å². The van der Waals surface area contributed by atoms with E-state index in [-0.39, 0.29) is 0 Å². The Morgan fingerprint density at radius 3 is 2.56 bits per heavy atom. The minimum atomic E-state index is 0.388. The number of hydrogen-bond acceptors (Lipinski definition) is 6. The van der Waals surface area contributed by atoms with Crippen molar-refractivity contribution >= 4 is 72.5 Å². The predicted octanol–water partition coefficient (Wildman–Crippen LogP) is 7.51. The zero-order valence-corrected chi connectivity index (χ0v) is 20.2. The van der Waals surface area contributed by atoms with Crippen LogP contribution < -0.4 is 10.6 Å². The van der Waals surface area contributed by atoms with Gasteiger partial charge in [-0.2, -0.15) is 0 Å². The number of halogens is 2. The Bertz CT molecular complexity index is 1220. The van der Waals surface area contributed by atoms with Crippen molar-refractivity contribution in [3.8, 4) is 0 Å². The number of aliphatic imine (C=N–C) groups is 1. The standard InChI is InChI=1S/C24H20Cl2N4S2/c25-18-12-20-21(13-19(18)26)31-23(30-20)27-11-10-15-6-8-17(9-7-15)29-24-28-14-22(32-24)16-4-2-1-3-5-16/h1-9,12-13,22H,10-11,14H2,(H,27,30)(H,28,29). The highest BCUT2D eigenvalue weighted by Gasteiger charge is 2.21. The fraction of sp³-hybridized carbons (Fsp3) is 0.167. The number of amidine groups is 1. The maximum absolute atomic E-state index is 6.10. The molecule has 2 N–H and O–H groups in total. The lowest BCUT2D eigenvalue weighted by molar-refractivity contribution is 0.966. The number of benzene rings is 3. The molecule has 0 aliphatic carbocycles. The second-order valence-electron chi connectivity index (χ2n) is 7.41. The van der Waals surface area contributed by atoms with Gasteiger partial charge in [0, 0.05) is 12.2 Å². The Balaban J connectivity index is 1.12. The Morgan fingerprint density at radius 1 is 0.969 bits per heavy atom. The molecule has 0 saturated heterocycles. The Hall–Kier alpha value is -2.25. The minimum Gasteiger partial charge on any atom is -0.361 e. The van der Waals surface area contributed by atoms with Crippen molar-refractivity contribution in [2.45, 2.75) is 11.7 Å². The van der Waals surface area contributed by atoms with E-state index in [0.29, 0.717) is 15.3 Å². The molecule has 0 radical (unpaired) electrons. The second kappa shape index (κ2) is 9.71. The molecular weight excluding hydrogens is 479 g/mol. The molecule has 8 heteroatoms. The molecule has 4 nitrogen and oxygen atoms in total. The zero-order valence-electron chi connectivity index (χ0n) is 17.0. The van der Waals surface area contributed by atoms with Gasteiger partial charge < -0.3 is 10.6 Å². The van der Waals surface area contributed by atoms with Gasteiger partial charge in [-0.1, -0.05) is 88.8 Å². The molecule has 0 bridgehead atoms. The summed E-state index contributed by atoms with van der Waals surface area (Å²) in [7, 11) is 0. The highest BCUT2D eigenvalue weighted by Crippen LogP contribution is 2.35. The monoisotopic (exact) mass is 498 g/mol. The molecule has 1 aromatic heterocycles. The van der Waals surface area contributed by atoms with E-state index >= 15 is 0 Å². The van der Waals surface area contributed by atoms with Crippen molar-refractivity contribution < 1.29 is 0 Å². The minimum absolute atomic E-state index is 0.388. The lowest BCUT2D eigenvalue weighted by Gasteiger charge is -2.10. The molecule has 2 heterocycles. The average molecular weight is 499 g/mol. The summed E-state index contributed by atoms with van der Waals surface area (Å²) in [5, 5.41) is 10.2. The van der Waals surface area contributed by atoms with Crippen LogP contribution in [0.15, 0.2) is 71.7 Å². The first-order valence-corrected chi connectivity index (χ1v) is 12.7. The molecule has 0 fully saturated rings. The molecule has 162 valence electrons. The van der Waals surface area contributed by atoms with Gasteiger partial charge in [-0.15, -0.1) is 0 Å². The van der Waals surface area contributed by atoms with Crippen molar-refractivity contribution in [1.82, 2.24) is 4.98 Å². The zero-order chi connectivity index (χ0) is 21.9. The number of nitrogens with one attached hydrogen (secondary N) is 2. The van der Waals surface area contributed by atoms with Gasteiger partial charge in [-0.25, -0.2) is 4.98 Å². The molecule has 1 atom stereocenters. The van der Waals surface area contributed by atoms with E-state index in [9.17, 15) is 0 Å². The van der Waals surface area contributed by atoms with Gasteiger partial charge in [0.1, 0.15) is 0 Å². The lowest BCUT2D eigenvalue weighted by atomic mass is 10.1. The first-order valence-electron chi connectivity index (χ1n) is 10.3. The van der Waals surface area contributed by atoms with E-state index < -0.39 is 0 Å². The highest BCUT2D eigenvalue weighted by atomic mass is 35.5. The molecule has 1 aliphatic heterocycles. The fourth-order valence-corrected chi connectivity index (χ4v) is 5.81. The summed E-state index contributed by atoms with van der Waals surface area (Å²) in [6.45, 7) is 1.61. The van der Waals surface area contributed by atoms with Crippen LogP contribution >= 0.6 is 46.3 Å². The smallest absolute Gasteiger partial charge is 0.183 e. The summed E-state index contributed by atoms with van der Waals surface area (Å²) >= 11 is 15.5. The third-order valence-electron chi connectivity index (χ3n) is 5.15. The van der Waals surface area contributed by atoms with Crippen molar-refractivity contribution in [3.05, 3.63) is 87.9 Å². The van der Waals surface area contributed by atoms with Crippen LogP contribution in [0, 0.1) is 0 Å². The average Bonchev–Trinajstić information content (AvgIpc) is 3.43. The molecule has 0 amide bonds. The number of anilines is 2. The van der Waals surface area contributed by atoms with E-state index in [1.54, 1.807) is 23.1 Å². The van der Waals surface area contributed by atoms with Gasteiger partial charge in [0.15, 0.2) is 10.3 Å². The molecule has 5 rings (SSSR count). The molecule has 32 heavy (non-hydrogen) atoms. The van der Waals surface area contributed by atoms with E-state index in [1.165, 1.54) is 11.1 Å². The van der Waals surface area contributed by atoms with Gasteiger partial charge in [0.05, 0.1) is 32.1 Å². The molecule has 1 unspecified atom stereocenters. The van der Waals surface area contributed by atoms with E-state index in [0.717, 1.165) is 45.7 Å². The molecule has 0 saturated carbocycles. The second-order valence-corrected chi connectivity index (χ2v) is 10.5. The van der Waals surface area contributed by atoms with Crippen LogP contribution in [0.4, 0.5) is 10.8 Å². The van der Waals surface area contributed by atoms with Crippen molar-refractivity contribution in [2.75, 3.05) is 23.7 Å². The van der Waals surface area contributed by atoms with Crippen LogP contribution in [0.25, 0.3) is 10.2 Å².